The molecule has 0 N–H and O–H groups in total. The molecule has 0 amide bonds. The fraction of sp³-hybridized carbons (Fsp3) is 1.00. The molecule has 3 fully saturated rings. The van der Waals surface area contributed by atoms with Crippen LogP contribution in [0.1, 0.15) is 78.6 Å². The molecule has 5 heteroatoms. The zero-order chi connectivity index (χ0) is 16.2. The van der Waals surface area contributed by atoms with E-state index in [0.717, 1.165) is 19.3 Å². The number of rotatable bonds is 7. The van der Waals surface area contributed by atoms with Gasteiger partial charge >= 0.3 is 7.12 Å². The molecule has 0 aliphatic heterocycles. The third kappa shape index (κ3) is 4.50. The Morgan fingerprint density at radius 3 is 1.48 bits per heavy atom. The molecule has 0 heterocycles. The molecular formula is C18H33BO4. The van der Waals surface area contributed by atoms with Crippen molar-refractivity contribution in [2.24, 2.45) is 17.8 Å². The van der Waals surface area contributed by atoms with Gasteiger partial charge in [0, 0.05) is 5.82 Å². The van der Waals surface area contributed by atoms with Crippen molar-refractivity contribution in [3.8, 4) is 0 Å². The first kappa shape index (κ1) is 17.7. The third-order valence-electron chi connectivity index (χ3n) is 6.39. The molecule has 0 saturated heterocycles. The highest BCUT2D eigenvalue weighted by Gasteiger charge is 2.42. The molecule has 0 aromatic heterocycles. The van der Waals surface area contributed by atoms with Crippen molar-refractivity contribution in [1.29, 1.82) is 0 Å². The Hall–Kier alpha value is -0.0951. The molecule has 3 aliphatic carbocycles. The minimum Gasteiger partial charge on any atom is -0.260 e. The molecule has 0 aromatic rings. The quantitative estimate of drug-likeness (QED) is 0.378. The summed E-state index contributed by atoms with van der Waals surface area (Å²) in [5, 5.41) is 0. The zero-order valence-corrected chi connectivity index (χ0v) is 15.0. The summed E-state index contributed by atoms with van der Waals surface area (Å²) in [6, 6.07) is 0. The molecule has 0 radical (unpaired) electrons. The van der Waals surface area contributed by atoms with Crippen LogP contribution >= 0.6 is 0 Å². The topological polar surface area (TPSA) is 36.9 Å². The summed E-state index contributed by atoms with van der Waals surface area (Å²) < 4.78 is 0. The largest absolute Gasteiger partial charge is 0.524 e. The van der Waals surface area contributed by atoms with Crippen molar-refractivity contribution < 1.29 is 19.4 Å². The zero-order valence-electron chi connectivity index (χ0n) is 15.0. The third-order valence-corrected chi connectivity index (χ3v) is 6.39. The average Bonchev–Trinajstić information content (AvgIpc) is 3.23. The Kier molecular flexibility index (Phi) is 6.42. The van der Waals surface area contributed by atoms with Gasteiger partial charge in [-0.2, -0.15) is 0 Å². The van der Waals surface area contributed by atoms with Crippen molar-refractivity contribution in [2.45, 2.75) is 96.6 Å². The van der Waals surface area contributed by atoms with Gasteiger partial charge in [-0.25, -0.2) is 9.78 Å². The molecule has 23 heavy (non-hydrogen) atoms. The lowest BCUT2D eigenvalue weighted by atomic mass is 9.67. The van der Waals surface area contributed by atoms with E-state index in [-0.39, 0.29) is 19.3 Å². The van der Waals surface area contributed by atoms with Crippen molar-refractivity contribution >= 4 is 7.12 Å². The number of hydrogen-bond donors (Lipinski definition) is 0. The maximum Gasteiger partial charge on any atom is 0.524 e. The Morgan fingerprint density at radius 2 is 1.09 bits per heavy atom. The molecule has 0 unspecified atom stereocenters. The molecular weight excluding hydrogens is 291 g/mol. The molecule has 0 bridgehead atoms. The number of hydrogen-bond acceptors (Lipinski definition) is 4. The van der Waals surface area contributed by atoms with Gasteiger partial charge in [-0.15, -0.1) is 0 Å². The Bertz CT molecular complexity index is 343. The average molecular weight is 324 g/mol. The second-order valence-corrected chi connectivity index (χ2v) is 8.22. The maximum absolute atomic E-state index is 5.80. The highest BCUT2D eigenvalue weighted by Crippen LogP contribution is 2.40. The van der Waals surface area contributed by atoms with Gasteiger partial charge in [0.05, 0.1) is 12.2 Å². The molecule has 0 spiro atoms. The van der Waals surface area contributed by atoms with E-state index in [0.29, 0.717) is 23.6 Å². The second-order valence-electron chi connectivity index (χ2n) is 8.22. The molecule has 3 rings (SSSR count). The van der Waals surface area contributed by atoms with Crippen molar-refractivity contribution in [2.75, 3.05) is 0 Å². The minimum atomic E-state index is -0.381. The van der Waals surface area contributed by atoms with E-state index in [2.05, 4.69) is 20.8 Å². The van der Waals surface area contributed by atoms with Gasteiger partial charge in [0.15, 0.2) is 0 Å². The monoisotopic (exact) mass is 324 g/mol. The Morgan fingerprint density at radius 1 is 0.609 bits per heavy atom. The lowest BCUT2D eigenvalue weighted by Crippen LogP contribution is -2.35. The lowest BCUT2D eigenvalue weighted by Gasteiger charge is -2.25. The summed E-state index contributed by atoms with van der Waals surface area (Å²) in [6.07, 6.45) is 11.2. The second kappa shape index (κ2) is 8.33. The van der Waals surface area contributed by atoms with E-state index in [9.17, 15) is 0 Å². The summed E-state index contributed by atoms with van der Waals surface area (Å²) in [5.41, 5.74) is 0. The predicted octanol–water partition coefficient (Wildman–Crippen LogP) is 4.94. The SMILES string of the molecule is C[C@@H]1CCC[C@H]1OOB(OO[C@H]1CCC[C@@H]1C)[C@@H]1CCC[C@H]1C. The van der Waals surface area contributed by atoms with E-state index in [1.807, 2.05) is 0 Å². The first-order valence-corrected chi connectivity index (χ1v) is 9.79. The van der Waals surface area contributed by atoms with Crippen LogP contribution in [0.3, 0.4) is 0 Å². The Balaban J connectivity index is 1.52. The summed E-state index contributed by atoms with van der Waals surface area (Å²) in [5.74, 6) is 2.14. The summed E-state index contributed by atoms with van der Waals surface area (Å²) >= 11 is 0. The van der Waals surface area contributed by atoms with Crippen LogP contribution in [0.5, 0.6) is 0 Å². The van der Waals surface area contributed by atoms with Crippen molar-refractivity contribution in [1.82, 2.24) is 0 Å². The first-order chi connectivity index (χ1) is 11.1. The molecule has 0 aromatic carbocycles. The van der Waals surface area contributed by atoms with Gasteiger partial charge in [0.2, 0.25) is 0 Å². The molecule has 6 atom stereocenters. The normalized spacial score (nSPS) is 40.8. The van der Waals surface area contributed by atoms with Crippen LogP contribution in [0.25, 0.3) is 0 Å². The molecule has 3 aliphatic rings. The van der Waals surface area contributed by atoms with Gasteiger partial charge in [-0.1, -0.05) is 52.9 Å². The summed E-state index contributed by atoms with van der Waals surface area (Å²) in [4.78, 5) is 23.1. The fourth-order valence-electron chi connectivity index (χ4n) is 4.50. The minimum absolute atomic E-state index is 0.211. The van der Waals surface area contributed by atoms with E-state index in [1.165, 1.54) is 38.5 Å². The van der Waals surface area contributed by atoms with E-state index in [4.69, 9.17) is 19.4 Å². The van der Waals surface area contributed by atoms with Gasteiger partial charge < -0.3 is 0 Å². The lowest BCUT2D eigenvalue weighted by molar-refractivity contribution is -0.321. The standard InChI is InChI=1S/C18H33BO4/c1-13-7-4-10-16(13)19(22-20-17-11-5-8-14(17)2)23-21-18-12-6-9-15(18)3/h13-18H,4-12H2,1-3H3/t13-,14-,15+,16-,17-,18+/m1/s1. The molecule has 132 valence electrons. The van der Waals surface area contributed by atoms with Crippen LogP contribution in [-0.4, -0.2) is 19.3 Å². The van der Waals surface area contributed by atoms with Gasteiger partial charge in [0.25, 0.3) is 0 Å². The summed E-state index contributed by atoms with van der Waals surface area (Å²) in [7, 11) is -0.381. The maximum atomic E-state index is 5.80. The highest BCUT2D eigenvalue weighted by atomic mass is 17.3. The van der Waals surface area contributed by atoms with Crippen molar-refractivity contribution in [3.63, 3.8) is 0 Å². The van der Waals surface area contributed by atoms with Crippen LogP contribution in [-0.2, 0) is 19.4 Å². The van der Waals surface area contributed by atoms with E-state index < -0.39 is 0 Å². The van der Waals surface area contributed by atoms with Gasteiger partial charge in [0.1, 0.15) is 0 Å². The van der Waals surface area contributed by atoms with Gasteiger partial charge in [-0.3, -0.25) is 9.61 Å². The smallest absolute Gasteiger partial charge is 0.260 e. The van der Waals surface area contributed by atoms with Crippen LogP contribution in [0.2, 0.25) is 5.82 Å². The first-order valence-electron chi connectivity index (χ1n) is 9.79. The van der Waals surface area contributed by atoms with Crippen LogP contribution in [0, 0.1) is 17.8 Å². The molecule has 4 nitrogen and oxygen atoms in total. The molecule has 3 saturated carbocycles. The van der Waals surface area contributed by atoms with Crippen molar-refractivity contribution in [3.05, 3.63) is 0 Å². The van der Waals surface area contributed by atoms with Crippen LogP contribution in [0.4, 0.5) is 0 Å². The summed E-state index contributed by atoms with van der Waals surface area (Å²) in [6.45, 7) is 6.77. The van der Waals surface area contributed by atoms with Crippen LogP contribution in [0.15, 0.2) is 0 Å². The Labute approximate surface area is 141 Å². The van der Waals surface area contributed by atoms with E-state index in [1.54, 1.807) is 0 Å². The van der Waals surface area contributed by atoms with Crippen LogP contribution < -0.4 is 0 Å². The fourth-order valence-corrected chi connectivity index (χ4v) is 4.50. The van der Waals surface area contributed by atoms with E-state index >= 15 is 0 Å². The predicted molar refractivity (Wildman–Crippen MR) is 90.5 cm³/mol. The van der Waals surface area contributed by atoms with Gasteiger partial charge in [-0.05, 0) is 43.4 Å². The highest BCUT2D eigenvalue weighted by molar-refractivity contribution is 6.46.